The highest BCUT2D eigenvalue weighted by Gasteiger charge is 2.34. The fourth-order valence-electron chi connectivity index (χ4n) is 4.19. The summed E-state index contributed by atoms with van der Waals surface area (Å²) >= 11 is 1.26. The third kappa shape index (κ3) is 6.94. The molecule has 1 saturated carbocycles. The summed E-state index contributed by atoms with van der Waals surface area (Å²) in [6.45, 7) is 3.98. The van der Waals surface area contributed by atoms with Gasteiger partial charge in [0, 0.05) is 42.6 Å². The summed E-state index contributed by atoms with van der Waals surface area (Å²) in [5, 5.41) is 9.42. The van der Waals surface area contributed by atoms with E-state index < -0.39 is 17.6 Å². The van der Waals surface area contributed by atoms with E-state index in [0.29, 0.717) is 53.7 Å². The van der Waals surface area contributed by atoms with Gasteiger partial charge in [0.2, 0.25) is 0 Å². The number of alkyl halides is 3. The number of carbonyl (C=O) groups is 2. The molecule has 39 heavy (non-hydrogen) atoms. The van der Waals surface area contributed by atoms with Crippen LogP contribution in [0.25, 0.3) is 0 Å². The van der Waals surface area contributed by atoms with Crippen LogP contribution in [0.4, 0.5) is 29.7 Å². The van der Waals surface area contributed by atoms with Crippen LogP contribution >= 0.6 is 11.3 Å². The van der Waals surface area contributed by atoms with E-state index in [1.54, 1.807) is 25.1 Å². The minimum absolute atomic E-state index is 0.111. The molecular formula is C27H28F3N5O3S. The largest absolute Gasteiger partial charge is 0.416 e. The highest BCUT2D eigenvalue weighted by Crippen LogP contribution is 2.34. The van der Waals surface area contributed by atoms with Gasteiger partial charge >= 0.3 is 6.18 Å². The summed E-state index contributed by atoms with van der Waals surface area (Å²) in [6.07, 6.45) is -0.916. The third-order valence-electron chi connectivity index (χ3n) is 6.55. The number of nitrogens with one attached hydrogen (secondary N) is 3. The minimum Gasteiger partial charge on any atom is -0.379 e. The van der Waals surface area contributed by atoms with Crippen LogP contribution in [0, 0.1) is 6.92 Å². The molecule has 3 N–H and O–H groups in total. The fraction of sp³-hybridized carbons (Fsp3) is 0.370. The molecule has 1 aliphatic carbocycles. The number of halogens is 3. The van der Waals surface area contributed by atoms with Crippen LogP contribution in [-0.2, 0) is 17.5 Å². The number of benzene rings is 2. The topological polar surface area (TPSA) is 95.6 Å². The smallest absolute Gasteiger partial charge is 0.379 e. The monoisotopic (exact) mass is 559 g/mol. The molecule has 0 spiro atoms. The number of morpholine rings is 1. The van der Waals surface area contributed by atoms with E-state index in [2.05, 4.69) is 20.9 Å². The Hall–Kier alpha value is -3.48. The van der Waals surface area contributed by atoms with Gasteiger partial charge in [0.15, 0.2) is 5.13 Å². The molecule has 2 aliphatic rings. The SMILES string of the molecule is Cc1ccc(NC(=O)c2ccc(CN3CCOCC3)c(C(F)(F)F)c2)cc1NC(=O)c1cnc(NC2CC2)s1. The second-order valence-electron chi connectivity index (χ2n) is 9.64. The predicted octanol–water partition coefficient (Wildman–Crippen LogP) is 5.38. The van der Waals surface area contributed by atoms with Gasteiger partial charge in [-0.25, -0.2) is 4.98 Å². The van der Waals surface area contributed by atoms with Crippen molar-refractivity contribution in [2.24, 2.45) is 0 Å². The molecule has 206 valence electrons. The molecule has 1 aliphatic heterocycles. The average molecular weight is 560 g/mol. The van der Waals surface area contributed by atoms with Gasteiger partial charge in [-0.1, -0.05) is 23.5 Å². The molecule has 2 heterocycles. The Labute approximate surface area is 227 Å². The second kappa shape index (κ2) is 11.3. The fourth-order valence-corrected chi connectivity index (χ4v) is 4.98. The number of aryl methyl sites for hydroxylation is 1. The van der Waals surface area contributed by atoms with Crippen LogP contribution in [0.2, 0.25) is 0 Å². The quantitative estimate of drug-likeness (QED) is 0.343. The normalized spacial score (nSPS) is 16.1. The zero-order valence-electron chi connectivity index (χ0n) is 21.2. The molecule has 1 saturated heterocycles. The molecule has 2 amide bonds. The van der Waals surface area contributed by atoms with E-state index in [-0.39, 0.29) is 23.6 Å². The van der Waals surface area contributed by atoms with Gasteiger partial charge in [0.1, 0.15) is 4.88 Å². The lowest BCUT2D eigenvalue weighted by Crippen LogP contribution is -2.36. The van der Waals surface area contributed by atoms with Crippen molar-refractivity contribution in [3.05, 3.63) is 69.7 Å². The van der Waals surface area contributed by atoms with E-state index in [0.717, 1.165) is 24.5 Å². The number of hydrogen-bond donors (Lipinski definition) is 3. The first-order valence-corrected chi connectivity index (χ1v) is 13.4. The molecule has 5 rings (SSSR count). The summed E-state index contributed by atoms with van der Waals surface area (Å²) in [6, 6.07) is 8.98. The molecule has 0 bridgehead atoms. The maximum absolute atomic E-state index is 13.9. The second-order valence-corrected chi connectivity index (χ2v) is 10.7. The summed E-state index contributed by atoms with van der Waals surface area (Å²) < 4.78 is 46.9. The van der Waals surface area contributed by atoms with Gasteiger partial charge in [-0.15, -0.1) is 0 Å². The number of aromatic nitrogens is 1. The van der Waals surface area contributed by atoms with Crippen LogP contribution in [0.15, 0.2) is 42.6 Å². The molecule has 0 atom stereocenters. The van der Waals surface area contributed by atoms with E-state index in [9.17, 15) is 22.8 Å². The third-order valence-corrected chi connectivity index (χ3v) is 7.48. The predicted molar refractivity (Wildman–Crippen MR) is 143 cm³/mol. The first-order chi connectivity index (χ1) is 18.7. The number of thiazole rings is 1. The highest BCUT2D eigenvalue weighted by atomic mass is 32.1. The Morgan fingerprint density at radius 1 is 1.08 bits per heavy atom. The van der Waals surface area contributed by atoms with Crippen molar-refractivity contribution in [3.63, 3.8) is 0 Å². The highest BCUT2D eigenvalue weighted by molar-refractivity contribution is 7.17. The van der Waals surface area contributed by atoms with Crippen LogP contribution in [0.3, 0.4) is 0 Å². The Kier molecular flexibility index (Phi) is 7.87. The zero-order chi connectivity index (χ0) is 27.6. The summed E-state index contributed by atoms with van der Waals surface area (Å²) in [5.41, 5.74) is 0.735. The molecule has 3 aromatic rings. The van der Waals surface area contributed by atoms with E-state index in [1.165, 1.54) is 29.7 Å². The number of hydrogen-bond acceptors (Lipinski definition) is 7. The van der Waals surface area contributed by atoms with E-state index >= 15 is 0 Å². The first kappa shape index (κ1) is 27.1. The minimum atomic E-state index is -4.61. The summed E-state index contributed by atoms with van der Waals surface area (Å²) in [5.74, 6) is -1.02. The standard InChI is InChI=1S/C27H28F3N5O3S/c1-16-2-5-20(13-22(16)34-25(37)23-14-31-26(39-23)33-19-6-7-19)32-24(36)17-3-4-18(21(12-17)27(28,29)30)15-35-8-10-38-11-9-35/h2-5,12-14,19H,6-11,15H2,1H3,(H,31,33)(H,32,36)(H,34,37). The van der Waals surface area contributed by atoms with Crippen molar-refractivity contribution in [2.45, 2.75) is 38.5 Å². The van der Waals surface area contributed by atoms with Crippen molar-refractivity contribution in [1.29, 1.82) is 0 Å². The molecule has 8 nitrogen and oxygen atoms in total. The Bertz CT molecular complexity index is 1370. The molecule has 1 aromatic heterocycles. The van der Waals surface area contributed by atoms with Gasteiger partial charge in [-0.05, 0) is 55.2 Å². The number of carbonyl (C=O) groups excluding carboxylic acids is 2. The molecule has 0 radical (unpaired) electrons. The van der Waals surface area contributed by atoms with Crippen molar-refractivity contribution in [1.82, 2.24) is 9.88 Å². The van der Waals surface area contributed by atoms with Crippen LogP contribution in [0.1, 0.15) is 49.6 Å². The number of nitrogens with zero attached hydrogens (tertiary/aromatic N) is 2. The van der Waals surface area contributed by atoms with Crippen LogP contribution in [-0.4, -0.2) is 54.0 Å². The van der Waals surface area contributed by atoms with Gasteiger partial charge < -0.3 is 20.7 Å². The van der Waals surface area contributed by atoms with Gasteiger partial charge in [0.25, 0.3) is 11.8 Å². The molecular weight excluding hydrogens is 531 g/mol. The summed E-state index contributed by atoms with van der Waals surface area (Å²) in [7, 11) is 0. The lowest BCUT2D eigenvalue weighted by molar-refractivity contribution is -0.138. The molecule has 2 aromatic carbocycles. The maximum Gasteiger partial charge on any atom is 0.416 e. The van der Waals surface area contributed by atoms with Crippen molar-refractivity contribution in [2.75, 3.05) is 42.3 Å². The average Bonchev–Trinajstić information content (AvgIpc) is 3.59. The number of anilines is 3. The lowest BCUT2D eigenvalue weighted by atomic mass is 10.0. The first-order valence-electron chi connectivity index (χ1n) is 12.6. The van der Waals surface area contributed by atoms with Gasteiger partial charge in [-0.3, -0.25) is 14.5 Å². The Balaban J connectivity index is 1.28. The zero-order valence-corrected chi connectivity index (χ0v) is 22.0. The molecule has 2 fully saturated rings. The lowest BCUT2D eigenvalue weighted by Gasteiger charge is -2.27. The maximum atomic E-state index is 13.9. The number of amides is 2. The van der Waals surface area contributed by atoms with E-state index in [4.69, 9.17) is 4.74 Å². The van der Waals surface area contributed by atoms with Crippen molar-refractivity contribution in [3.8, 4) is 0 Å². The van der Waals surface area contributed by atoms with Crippen molar-refractivity contribution >= 4 is 39.7 Å². The Morgan fingerprint density at radius 3 is 2.56 bits per heavy atom. The molecule has 12 heteroatoms. The van der Waals surface area contributed by atoms with Crippen LogP contribution < -0.4 is 16.0 Å². The van der Waals surface area contributed by atoms with Gasteiger partial charge in [-0.2, -0.15) is 13.2 Å². The molecule has 0 unspecified atom stereocenters. The van der Waals surface area contributed by atoms with Crippen LogP contribution in [0.5, 0.6) is 0 Å². The van der Waals surface area contributed by atoms with Crippen molar-refractivity contribution < 1.29 is 27.5 Å². The number of rotatable bonds is 8. The van der Waals surface area contributed by atoms with Gasteiger partial charge in [0.05, 0.1) is 25.0 Å². The van der Waals surface area contributed by atoms with E-state index in [1.807, 2.05) is 4.90 Å². The Morgan fingerprint density at radius 2 is 1.85 bits per heavy atom. The summed E-state index contributed by atoms with van der Waals surface area (Å²) in [4.78, 5) is 32.3. The number of ether oxygens (including phenoxy) is 1.